The largest absolute Gasteiger partial charge is 0.341 e. The molecule has 2 fully saturated rings. The van der Waals surface area contributed by atoms with E-state index in [-0.39, 0.29) is 0 Å². The molecule has 116 valence electrons. The first-order valence-electron chi connectivity index (χ1n) is 8.25. The summed E-state index contributed by atoms with van der Waals surface area (Å²) in [5.74, 6) is 0.861. The molecule has 5 nitrogen and oxygen atoms in total. The Bertz CT molecular complexity index is 434. The summed E-state index contributed by atoms with van der Waals surface area (Å²) in [7, 11) is 2.13. The number of nitrogens with one attached hydrogen (secondary N) is 1. The standard InChI is InChI=1S/C16H27N5/c1-3-21-8-6-15(7-9-21)20(2)16-18-11-13(12-19-16)10-17-14-4-5-14/h11-12,14-15,17H,3-10H2,1-2H3. The first-order chi connectivity index (χ1) is 10.3. The van der Waals surface area contributed by atoms with Crippen molar-refractivity contribution >= 4 is 5.95 Å². The minimum atomic E-state index is 0.572. The van der Waals surface area contributed by atoms with Crippen LogP contribution in [0.5, 0.6) is 0 Å². The van der Waals surface area contributed by atoms with Gasteiger partial charge in [0, 0.05) is 56.7 Å². The zero-order chi connectivity index (χ0) is 14.7. The van der Waals surface area contributed by atoms with Crippen LogP contribution >= 0.6 is 0 Å². The van der Waals surface area contributed by atoms with Crippen LogP contribution in [-0.2, 0) is 6.54 Å². The van der Waals surface area contributed by atoms with E-state index >= 15 is 0 Å². The second-order valence-electron chi connectivity index (χ2n) is 6.32. The number of anilines is 1. The molecule has 1 aliphatic heterocycles. The maximum atomic E-state index is 4.55. The molecule has 1 aromatic rings. The molecular formula is C16H27N5. The van der Waals surface area contributed by atoms with Crippen molar-refractivity contribution in [3.63, 3.8) is 0 Å². The summed E-state index contributed by atoms with van der Waals surface area (Å²) in [5.41, 5.74) is 1.18. The SMILES string of the molecule is CCN1CCC(N(C)c2ncc(CNC3CC3)cn2)CC1. The van der Waals surface area contributed by atoms with E-state index in [9.17, 15) is 0 Å². The van der Waals surface area contributed by atoms with Gasteiger partial charge in [0.25, 0.3) is 0 Å². The maximum Gasteiger partial charge on any atom is 0.225 e. The summed E-state index contributed by atoms with van der Waals surface area (Å²) in [5, 5.41) is 3.50. The highest BCUT2D eigenvalue weighted by Gasteiger charge is 2.23. The van der Waals surface area contributed by atoms with Gasteiger partial charge >= 0.3 is 0 Å². The molecule has 1 N–H and O–H groups in total. The number of likely N-dealkylation sites (tertiary alicyclic amines) is 1. The van der Waals surface area contributed by atoms with Crippen molar-refractivity contribution in [3.05, 3.63) is 18.0 Å². The van der Waals surface area contributed by atoms with Crippen molar-refractivity contribution in [2.45, 2.75) is 51.2 Å². The van der Waals surface area contributed by atoms with E-state index in [0.717, 1.165) is 25.1 Å². The molecule has 1 aromatic heterocycles. The lowest BCUT2D eigenvalue weighted by molar-refractivity contribution is 0.220. The Morgan fingerprint density at radius 2 is 1.86 bits per heavy atom. The molecule has 2 heterocycles. The van der Waals surface area contributed by atoms with Crippen LogP contribution in [0.4, 0.5) is 5.95 Å². The van der Waals surface area contributed by atoms with Crippen LogP contribution in [0.3, 0.4) is 0 Å². The minimum absolute atomic E-state index is 0.572. The molecule has 2 aliphatic rings. The summed E-state index contributed by atoms with van der Waals surface area (Å²) in [6.07, 6.45) is 8.98. The van der Waals surface area contributed by atoms with E-state index in [1.165, 1.54) is 44.3 Å². The fourth-order valence-corrected chi connectivity index (χ4v) is 2.96. The molecule has 1 saturated carbocycles. The number of hydrogen-bond donors (Lipinski definition) is 1. The van der Waals surface area contributed by atoms with Gasteiger partial charge in [-0.05, 0) is 32.2 Å². The zero-order valence-electron chi connectivity index (χ0n) is 13.3. The van der Waals surface area contributed by atoms with Gasteiger partial charge in [-0.2, -0.15) is 0 Å². The highest BCUT2D eigenvalue weighted by Crippen LogP contribution is 2.20. The molecule has 1 saturated heterocycles. The van der Waals surface area contributed by atoms with Gasteiger partial charge in [0.1, 0.15) is 0 Å². The van der Waals surface area contributed by atoms with Crippen LogP contribution in [0.1, 0.15) is 38.2 Å². The van der Waals surface area contributed by atoms with Crippen LogP contribution in [0, 0.1) is 0 Å². The predicted octanol–water partition coefficient (Wildman–Crippen LogP) is 1.65. The van der Waals surface area contributed by atoms with E-state index in [2.05, 4.69) is 39.1 Å². The quantitative estimate of drug-likeness (QED) is 0.862. The van der Waals surface area contributed by atoms with Crippen LogP contribution in [0.25, 0.3) is 0 Å². The third kappa shape index (κ3) is 3.92. The van der Waals surface area contributed by atoms with Crippen LogP contribution in [0.2, 0.25) is 0 Å². The van der Waals surface area contributed by atoms with E-state index in [0.29, 0.717) is 6.04 Å². The van der Waals surface area contributed by atoms with Crippen LogP contribution in [-0.4, -0.2) is 53.6 Å². The summed E-state index contributed by atoms with van der Waals surface area (Å²) in [6.45, 7) is 6.67. The Morgan fingerprint density at radius 3 is 2.43 bits per heavy atom. The van der Waals surface area contributed by atoms with Gasteiger partial charge in [-0.3, -0.25) is 0 Å². The topological polar surface area (TPSA) is 44.3 Å². The number of piperidine rings is 1. The van der Waals surface area contributed by atoms with Crippen LogP contribution < -0.4 is 10.2 Å². The number of nitrogens with zero attached hydrogens (tertiary/aromatic N) is 4. The second-order valence-corrected chi connectivity index (χ2v) is 6.32. The van der Waals surface area contributed by atoms with Crippen molar-refractivity contribution in [2.75, 3.05) is 31.6 Å². The summed E-state index contributed by atoms with van der Waals surface area (Å²) in [6, 6.07) is 1.30. The van der Waals surface area contributed by atoms with Gasteiger partial charge < -0.3 is 15.1 Å². The number of hydrogen-bond acceptors (Lipinski definition) is 5. The molecule has 5 heteroatoms. The molecule has 0 aromatic carbocycles. The summed E-state index contributed by atoms with van der Waals surface area (Å²) < 4.78 is 0. The average Bonchev–Trinajstić information content (AvgIpc) is 3.37. The maximum absolute atomic E-state index is 4.55. The highest BCUT2D eigenvalue weighted by molar-refractivity contribution is 5.30. The Balaban J connectivity index is 1.52. The van der Waals surface area contributed by atoms with Gasteiger partial charge in [-0.1, -0.05) is 6.92 Å². The average molecular weight is 289 g/mol. The van der Waals surface area contributed by atoms with Gasteiger partial charge in [0.2, 0.25) is 5.95 Å². The molecule has 0 spiro atoms. The molecule has 0 atom stereocenters. The number of rotatable bonds is 6. The Labute approximate surface area is 127 Å². The highest BCUT2D eigenvalue weighted by atomic mass is 15.3. The smallest absolute Gasteiger partial charge is 0.225 e. The van der Waals surface area contributed by atoms with Crippen molar-refractivity contribution in [1.29, 1.82) is 0 Å². The Kier molecular flexibility index (Phi) is 4.70. The van der Waals surface area contributed by atoms with Crippen molar-refractivity contribution in [2.24, 2.45) is 0 Å². The number of aromatic nitrogens is 2. The lowest BCUT2D eigenvalue weighted by atomic mass is 10.0. The molecule has 0 radical (unpaired) electrons. The lowest BCUT2D eigenvalue weighted by Crippen LogP contribution is -2.43. The van der Waals surface area contributed by atoms with Gasteiger partial charge in [-0.15, -0.1) is 0 Å². The Morgan fingerprint density at radius 1 is 1.19 bits per heavy atom. The Hall–Kier alpha value is -1.20. The normalized spacial score (nSPS) is 20.7. The molecule has 3 rings (SSSR count). The third-order valence-corrected chi connectivity index (χ3v) is 4.73. The molecular weight excluding hydrogens is 262 g/mol. The predicted molar refractivity (Wildman–Crippen MR) is 85.4 cm³/mol. The monoisotopic (exact) mass is 289 g/mol. The second kappa shape index (κ2) is 6.71. The first kappa shape index (κ1) is 14.7. The van der Waals surface area contributed by atoms with Gasteiger partial charge in [0.05, 0.1) is 0 Å². The van der Waals surface area contributed by atoms with Crippen molar-refractivity contribution in [1.82, 2.24) is 20.2 Å². The summed E-state index contributed by atoms with van der Waals surface area (Å²) in [4.78, 5) is 13.9. The lowest BCUT2D eigenvalue weighted by Gasteiger charge is -2.36. The van der Waals surface area contributed by atoms with Crippen molar-refractivity contribution < 1.29 is 0 Å². The van der Waals surface area contributed by atoms with E-state index < -0.39 is 0 Å². The first-order valence-corrected chi connectivity index (χ1v) is 8.25. The fraction of sp³-hybridized carbons (Fsp3) is 0.750. The zero-order valence-corrected chi connectivity index (χ0v) is 13.3. The minimum Gasteiger partial charge on any atom is -0.341 e. The third-order valence-electron chi connectivity index (χ3n) is 4.73. The molecule has 0 bridgehead atoms. The van der Waals surface area contributed by atoms with E-state index in [1.807, 2.05) is 12.4 Å². The van der Waals surface area contributed by atoms with E-state index in [1.54, 1.807) is 0 Å². The molecule has 21 heavy (non-hydrogen) atoms. The molecule has 0 unspecified atom stereocenters. The molecule has 1 aliphatic carbocycles. The van der Waals surface area contributed by atoms with Crippen LogP contribution in [0.15, 0.2) is 12.4 Å². The van der Waals surface area contributed by atoms with Gasteiger partial charge in [0.15, 0.2) is 0 Å². The van der Waals surface area contributed by atoms with E-state index in [4.69, 9.17) is 0 Å². The molecule has 0 amide bonds. The van der Waals surface area contributed by atoms with Gasteiger partial charge in [-0.25, -0.2) is 9.97 Å². The van der Waals surface area contributed by atoms with Crippen molar-refractivity contribution in [3.8, 4) is 0 Å². The fourth-order valence-electron chi connectivity index (χ4n) is 2.96. The summed E-state index contributed by atoms with van der Waals surface area (Å²) >= 11 is 0.